The van der Waals surface area contributed by atoms with Crippen LogP contribution in [-0.4, -0.2) is 36.7 Å². The topological polar surface area (TPSA) is 49.4 Å². The zero-order valence-corrected chi connectivity index (χ0v) is 13.3. The lowest BCUT2D eigenvalue weighted by Crippen LogP contribution is -2.51. The van der Waals surface area contributed by atoms with Crippen molar-refractivity contribution in [3.8, 4) is 0 Å². The number of alkyl halides is 1. The summed E-state index contributed by atoms with van der Waals surface area (Å²) >= 11 is 3.60. The lowest BCUT2D eigenvalue weighted by atomic mass is 9.96. The van der Waals surface area contributed by atoms with Crippen molar-refractivity contribution in [3.05, 3.63) is 0 Å². The summed E-state index contributed by atoms with van der Waals surface area (Å²) in [5.74, 6) is 0.648. The van der Waals surface area contributed by atoms with Crippen LogP contribution in [0.3, 0.4) is 0 Å². The monoisotopic (exact) mass is 338 g/mol. The number of rotatable bonds is 3. The highest BCUT2D eigenvalue weighted by molar-refractivity contribution is 9.09. The van der Waals surface area contributed by atoms with Crippen molar-refractivity contribution in [3.63, 3.8) is 0 Å². The Kier molecular flexibility index (Phi) is 5.08. The standard InChI is InChI=1S/C12H23BrN2O2S/c1-10-6-8-15(9-7-10)18(16,17)14-12-5-3-2-4-11(12)13/h10-12,14H,2-9H2,1H3. The van der Waals surface area contributed by atoms with E-state index in [-0.39, 0.29) is 10.9 Å². The molecule has 106 valence electrons. The van der Waals surface area contributed by atoms with Crippen molar-refractivity contribution < 1.29 is 8.42 Å². The quantitative estimate of drug-likeness (QED) is 0.802. The number of hydrogen-bond donors (Lipinski definition) is 1. The van der Waals surface area contributed by atoms with Crippen LogP contribution in [0.25, 0.3) is 0 Å². The molecular weight excluding hydrogens is 316 g/mol. The van der Waals surface area contributed by atoms with Crippen molar-refractivity contribution in [2.45, 2.75) is 56.3 Å². The van der Waals surface area contributed by atoms with Crippen molar-refractivity contribution in [1.29, 1.82) is 0 Å². The van der Waals surface area contributed by atoms with Crippen LogP contribution in [-0.2, 0) is 10.2 Å². The largest absolute Gasteiger partial charge is 0.279 e. The van der Waals surface area contributed by atoms with Crippen LogP contribution in [0.1, 0.15) is 45.4 Å². The first-order chi connectivity index (χ1) is 8.49. The van der Waals surface area contributed by atoms with Gasteiger partial charge >= 0.3 is 0 Å². The number of halogens is 1. The smallest absolute Gasteiger partial charge is 0.198 e. The van der Waals surface area contributed by atoms with Gasteiger partial charge in [-0.1, -0.05) is 35.7 Å². The van der Waals surface area contributed by atoms with Crippen molar-refractivity contribution >= 4 is 26.1 Å². The summed E-state index contributed by atoms with van der Waals surface area (Å²) < 4.78 is 29.1. The molecule has 0 aromatic carbocycles. The fourth-order valence-electron chi connectivity index (χ4n) is 2.71. The maximum absolute atomic E-state index is 12.3. The number of nitrogens with one attached hydrogen (secondary N) is 1. The van der Waals surface area contributed by atoms with Crippen molar-refractivity contribution in [1.82, 2.24) is 9.03 Å². The van der Waals surface area contributed by atoms with Crippen LogP contribution in [0.15, 0.2) is 0 Å². The van der Waals surface area contributed by atoms with Gasteiger partial charge < -0.3 is 0 Å². The molecule has 18 heavy (non-hydrogen) atoms. The number of hydrogen-bond acceptors (Lipinski definition) is 2. The molecule has 2 atom stereocenters. The predicted molar refractivity (Wildman–Crippen MR) is 77.0 cm³/mol. The SMILES string of the molecule is CC1CCN(S(=O)(=O)NC2CCCCC2Br)CC1. The van der Waals surface area contributed by atoms with Crippen LogP contribution < -0.4 is 4.72 Å². The third-order valence-corrected chi connectivity index (χ3v) is 6.81. The molecule has 0 amide bonds. The zero-order chi connectivity index (χ0) is 13.2. The van der Waals surface area contributed by atoms with E-state index in [0.717, 1.165) is 32.1 Å². The lowest BCUT2D eigenvalue weighted by Gasteiger charge is -2.33. The average Bonchev–Trinajstić information content (AvgIpc) is 2.32. The normalized spacial score (nSPS) is 32.6. The molecule has 1 N–H and O–H groups in total. The first-order valence-electron chi connectivity index (χ1n) is 6.90. The zero-order valence-electron chi connectivity index (χ0n) is 10.9. The summed E-state index contributed by atoms with van der Waals surface area (Å²) in [7, 11) is -3.29. The third kappa shape index (κ3) is 3.68. The molecule has 2 fully saturated rings. The lowest BCUT2D eigenvalue weighted by molar-refractivity contribution is 0.281. The summed E-state index contributed by atoms with van der Waals surface area (Å²) in [6.07, 6.45) is 6.26. The molecule has 1 heterocycles. The first kappa shape index (κ1) is 14.8. The van der Waals surface area contributed by atoms with Gasteiger partial charge in [-0.3, -0.25) is 0 Å². The van der Waals surface area contributed by atoms with Gasteiger partial charge in [-0.15, -0.1) is 0 Å². The Morgan fingerprint density at radius 3 is 2.33 bits per heavy atom. The van der Waals surface area contributed by atoms with E-state index in [1.54, 1.807) is 4.31 Å². The maximum atomic E-state index is 12.3. The van der Waals surface area contributed by atoms with Crippen LogP contribution >= 0.6 is 15.9 Å². The summed E-state index contributed by atoms with van der Waals surface area (Å²) in [6.45, 7) is 3.51. The summed E-state index contributed by atoms with van der Waals surface area (Å²) in [5.41, 5.74) is 0. The molecule has 6 heteroatoms. The van der Waals surface area contributed by atoms with Gasteiger partial charge in [-0.25, -0.2) is 0 Å². The van der Waals surface area contributed by atoms with E-state index in [1.165, 1.54) is 6.42 Å². The number of piperidine rings is 1. The highest BCUT2D eigenvalue weighted by Crippen LogP contribution is 2.26. The fourth-order valence-corrected chi connectivity index (χ4v) is 5.11. The Hall–Kier alpha value is 0.350. The molecule has 1 saturated heterocycles. The molecule has 2 unspecified atom stereocenters. The molecular formula is C12H23BrN2O2S. The van der Waals surface area contributed by atoms with Gasteiger partial charge in [0.15, 0.2) is 0 Å². The number of nitrogens with zero attached hydrogens (tertiary/aromatic N) is 1. The minimum absolute atomic E-state index is 0.0584. The second-order valence-corrected chi connectivity index (χ2v) is 8.49. The Balaban J connectivity index is 1.94. The van der Waals surface area contributed by atoms with Gasteiger partial charge in [-0.2, -0.15) is 17.4 Å². The predicted octanol–water partition coefficient (Wildman–Crippen LogP) is 2.26. The van der Waals surface area contributed by atoms with Gasteiger partial charge in [-0.05, 0) is 31.6 Å². The maximum Gasteiger partial charge on any atom is 0.279 e. The molecule has 1 saturated carbocycles. The van der Waals surface area contributed by atoms with Crippen LogP contribution in [0.5, 0.6) is 0 Å². The van der Waals surface area contributed by atoms with Crippen molar-refractivity contribution in [2.24, 2.45) is 5.92 Å². The van der Waals surface area contributed by atoms with Gasteiger partial charge in [0.1, 0.15) is 0 Å². The second-order valence-electron chi connectivity index (χ2n) is 5.61. The molecule has 0 aromatic heterocycles. The summed E-state index contributed by atoms with van der Waals surface area (Å²) in [6, 6.07) is 0.0584. The molecule has 0 bridgehead atoms. The molecule has 4 nitrogen and oxygen atoms in total. The van der Waals surface area contributed by atoms with Gasteiger partial charge in [0, 0.05) is 24.0 Å². The van der Waals surface area contributed by atoms with E-state index in [9.17, 15) is 8.42 Å². The van der Waals surface area contributed by atoms with Gasteiger partial charge in [0.2, 0.25) is 0 Å². The Morgan fingerprint density at radius 2 is 1.72 bits per heavy atom. The van der Waals surface area contributed by atoms with E-state index in [0.29, 0.717) is 19.0 Å². The minimum atomic E-state index is -3.29. The van der Waals surface area contributed by atoms with Crippen LogP contribution in [0.2, 0.25) is 0 Å². The van der Waals surface area contributed by atoms with E-state index >= 15 is 0 Å². The summed E-state index contributed by atoms with van der Waals surface area (Å²) in [5, 5.41) is 0. The van der Waals surface area contributed by atoms with E-state index < -0.39 is 10.2 Å². The average molecular weight is 339 g/mol. The van der Waals surface area contributed by atoms with Crippen LogP contribution in [0, 0.1) is 5.92 Å². The fraction of sp³-hybridized carbons (Fsp3) is 1.00. The molecule has 2 aliphatic rings. The van der Waals surface area contributed by atoms with Gasteiger partial charge in [0.05, 0.1) is 0 Å². The van der Waals surface area contributed by atoms with E-state index in [1.807, 2.05) is 0 Å². The van der Waals surface area contributed by atoms with Crippen LogP contribution in [0.4, 0.5) is 0 Å². The second kappa shape index (κ2) is 6.20. The third-order valence-electron chi connectivity index (χ3n) is 4.06. The Bertz CT molecular complexity index is 366. The molecule has 1 aliphatic heterocycles. The first-order valence-corrected chi connectivity index (χ1v) is 9.26. The van der Waals surface area contributed by atoms with Crippen molar-refractivity contribution in [2.75, 3.05) is 13.1 Å². The Morgan fingerprint density at radius 1 is 1.11 bits per heavy atom. The van der Waals surface area contributed by atoms with Gasteiger partial charge in [0.25, 0.3) is 10.2 Å². The highest BCUT2D eigenvalue weighted by Gasteiger charge is 2.31. The van der Waals surface area contributed by atoms with E-state index in [4.69, 9.17) is 0 Å². The minimum Gasteiger partial charge on any atom is -0.198 e. The van der Waals surface area contributed by atoms with E-state index in [2.05, 4.69) is 27.6 Å². The molecule has 1 aliphatic carbocycles. The molecule has 0 radical (unpaired) electrons. The highest BCUT2D eigenvalue weighted by atomic mass is 79.9. The molecule has 0 spiro atoms. The summed E-state index contributed by atoms with van der Waals surface area (Å²) in [4.78, 5) is 0.282. The molecule has 2 rings (SSSR count). The Labute approximate surface area is 119 Å². The molecule has 0 aromatic rings.